The summed E-state index contributed by atoms with van der Waals surface area (Å²) in [5.74, 6) is -0.178. The van der Waals surface area contributed by atoms with Crippen molar-refractivity contribution in [3.8, 4) is 0 Å². The zero-order valence-corrected chi connectivity index (χ0v) is 7.58. The van der Waals surface area contributed by atoms with Crippen LogP contribution in [0.15, 0.2) is 12.2 Å². The first kappa shape index (κ1) is 9.30. The molecule has 0 radical (unpaired) electrons. The first-order valence-electron chi connectivity index (χ1n) is 4.70. The maximum Gasteiger partial charge on any atom is 0.330 e. The van der Waals surface area contributed by atoms with Crippen LogP contribution in [0.4, 0.5) is 0 Å². The van der Waals surface area contributed by atoms with E-state index in [-0.39, 0.29) is 12.1 Å². The maximum absolute atomic E-state index is 10.8. The topological polar surface area (TPSA) is 26.3 Å². The van der Waals surface area contributed by atoms with Gasteiger partial charge in [0.1, 0.15) is 6.10 Å². The van der Waals surface area contributed by atoms with Crippen molar-refractivity contribution in [2.24, 2.45) is 0 Å². The van der Waals surface area contributed by atoms with Gasteiger partial charge < -0.3 is 4.74 Å². The molecule has 1 aliphatic heterocycles. The van der Waals surface area contributed by atoms with E-state index in [1.54, 1.807) is 0 Å². The van der Waals surface area contributed by atoms with Crippen LogP contribution in [0.25, 0.3) is 0 Å². The molecule has 68 valence electrons. The fourth-order valence-electron chi connectivity index (χ4n) is 1.37. The van der Waals surface area contributed by atoms with Gasteiger partial charge in [-0.25, -0.2) is 4.79 Å². The summed E-state index contributed by atoms with van der Waals surface area (Å²) in [5, 5.41) is 0. The molecule has 0 N–H and O–H groups in total. The van der Waals surface area contributed by atoms with Crippen LogP contribution in [0.1, 0.15) is 39.0 Å². The number of hydrogen-bond donors (Lipinski definition) is 0. The van der Waals surface area contributed by atoms with E-state index >= 15 is 0 Å². The van der Waals surface area contributed by atoms with Gasteiger partial charge in [0.05, 0.1) is 0 Å². The number of rotatable bonds is 4. The van der Waals surface area contributed by atoms with E-state index in [0.717, 1.165) is 12.8 Å². The molecule has 2 nitrogen and oxygen atoms in total. The van der Waals surface area contributed by atoms with E-state index in [2.05, 4.69) is 6.92 Å². The monoisotopic (exact) mass is 168 g/mol. The molecule has 1 aliphatic rings. The summed E-state index contributed by atoms with van der Waals surface area (Å²) in [7, 11) is 0. The zero-order valence-electron chi connectivity index (χ0n) is 7.58. The minimum absolute atomic E-state index is 0.147. The molecule has 0 aromatic carbocycles. The SMILES string of the molecule is CCCCC[C@@H]1CC=CC(=O)O1. The van der Waals surface area contributed by atoms with Crippen LogP contribution in [-0.4, -0.2) is 12.1 Å². The van der Waals surface area contributed by atoms with Crippen LogP contribution in [-0.2, 0) is 9.53 Å². The average Bonchev–Trinajstić information content (AvgIpc) is 2.05. The minimum atomic E-state index is -0.178. The number of carbonyl (C=O) groups is 1. The molecule has 0 fully saturated rings. The van der Waals surface area contributed by atoms with Crippen LogP contribution < -0.4 is 0 Å². The molecule has 0 aromatic rings. The van der Waals surface area contributed by atoms with Crippen LogP contribution in [0.3, 0.4) is 0 Å². The molecule has 0 aromatic heterocycles. The van der Waals surface area contributed by atoms with E-state index in [4.69, 9.17) is 4.74 Å². The second kappa shape index (κ2) is 4.96. The van der Waals surface area contributed by atoms with Gasteiger partial charge in [0.15, 0.2) is 0 Å². The highest BCUT2D eigenvalue weighted by atomic mass is 16.5. The predicted octanol–water partition coefficient (Wildman–Crippen LogP) is 2.44. The van der Waals surface area contributed by atoms with Gasteiger partial charge in [-0.1, -0.05) is 25.8 Å². The Bertz CT molecular complexity index is 173. The Kier molecular flexibility index (Phi) is 3.85. The van der Waals surface area contributed by atoms with E-state index in [0.29, 0.717) is 0 Å². The Morgan fingerprint density at radius 1 is 1.58 bits per heavy atom. The summed E-state index contributed by atoms with van der Waals surface area (Å²) in [6.45, 7) is 2.17. The van der Waals surface area contributed by atoms with Crippen molar-refractivity contribution in [1.29, 1.82) is 0 Å². The molecule has 0 unspecified atom stereocenters. The standard InChI is InChI=1S/C10H16O2/c1-2-3-4-6-9-7-5-8-10(11)12-9/h5,8-9H,2-4,6-7H2,1H3/t9-/m1/s1. The first-order chi connectivity index (χ1) is 5.83. The van der Waals surface area contributed by atoms with E-state index in [1.165, 1.54) is 25.3 Å². The molecule has 0 saturated carbocycles. The third-order valence-corrected chi connectivity index (χ3v) is 2.07. The summed E-state index contributed by atoms with van der Waals surface area (Å²) < 4.78 is 5.11. The highest BCUT2D eigenvalue weighted by Crippen LogP contribution is 2.14. The molecule has 0 aliphatic carbocycles. The molecule has 0 spiro atoms. The second-order valence-corrected chi connectivity index (χ2v) is 3.19. The van der Waals surface area contributed by atoms with Crippen molar-refractivity contribution < 1.29 is 9.53 Å². The second-order valence-electron chi connectivity index (χ2n) is 3.19. The fraction of sp³-hybridized carbons (Fsp3) is 0.700. The summed E-state index contributed by atoms with van der Waals surface area (Å²) in [6.07, 6.45) is 9.10. The lowest BCUT2D eigenvalue weighted by Gasteiger charge is -2.17. The molecule has 1 heterocycles. The van der Waals surface area contributed by atoms with Crippen molar-refractivity contribution in [3.05, 3.63) is 12.2 Å². The van der Waals surface area contributed by atoms with Crippen molar-refractivity contribution >= 4 is 5.97 Å². The highest BCUT2D eigenvalue weighted by Gasteiger charge is 2.14. The number of unbranched alkanes of at least 4 members (excludes halogenated alkanes) is 2. The Morgan fingerprint density at radius 2 is 2.42 bits per heavy atom. The van der Waals surface area contributed by atoms with E-state index in [9.17, 15) is 4.79 Å². The number of esters is 1. The normalized spacial score (nSPS) is 22.4. The van der Waals surface area contributed by atoms with Crippen molar-refractivity contribution in [3.63, 3.8) is 0 Å². The van der Waals surface area contributed by atoms with Gasteiger partial charge in [-0.2, -0.15) is 0 Å². The summed E-state index contributed by atoms with van der Waals surface area (Å²) in [4.78, 5) is 10.8. The Hall–Kier alpha value is -0.790. The van der Waals surface area contributed by atoms with E-state index < -0.39 is 0 Å². The number of cyclic esters (lactones) is 1. The van der Waals surface area contributed by atoms with Gasteiger partial charge in [0.25, 0.3) is 0 Å². The fourth-order valence-corrected chi connectivity index (χ4v) is 1.37. The smallest absolute Gasteiger partial charge is 0.330 e. The van der Waals surface area contributed by atoms with Crippen molar-refractivity contribution in [1.82, 2.24) is 0 Å². The zero-order chi connectivity index (χ0) is 8.81. The molecule has 2 heteroatoms. The third-order valence-electron chi connectivity index (χ3n) is 2.07. The summed E-state index contributed by atoms with van der Waals surface area (Å²) in [5.41, 5.74) is 0. The summed E-state index contributed by atoms with van der Waals surface area (Å²) in [6, 6.07) is 0. The average molecular weight is 168 g/mol. The molecular formula is C10H16O2. The van der Waals surface area contributed by atoms with Crippen LogP contribution >= 0.6 is 0 Å². The number of hydrogen-bond acceptors (Lipinski definition) is 2. The molecule has 12 heavy (non-hydrogen) atoms. The predicted molar refractivity (Wildman–Crippen MR) is 47.8 cm³/mol. The van der Waals surface area contributed by atoms with Gasteiger partial charge in [0, 0.05) is 12.5 Å². The van der Waals surface area contributed by atoms with Crippen LogP contribution in [0.5, 0.6) is 0 Å². The largest absolute Gasteiger partial charge is 0.459 e. The lowest BCUT2D eigenvalue weighted by molar-refractivity contribution is -0.144. The lowest BCUT2D eigenvalue weighted by atomic mass is 10.1. The Balaban J connectivity index is 2.16. The number of ether oxygens (including phenoxy) is 1. The number of carbonyl (C=O) groups excluding carboxylic acids is 1. The van der Waals surface area contributed by atoms with Gasteiger partial charge in [-0.15, -0.1) is 0 Å². The van der Waals surface area contributed by atoms with Crippen molar-refractivity contribution in [2.45, 2.75) is 45.1 Å². The van der Waals surface area contributed by atoms with Gasteiger partial charge in [0.2, 0.25) is 0 Å². The lowest BCUT2D eigenvalue weighted by Crippen LogP contribution is -2.19. The molecule has 1 rings (SSSR count). The summed E-state index contributed by atoms with van der Waals surface area (Å²) >= 11 is 0. The molecule has 1 atom stereocenters. The van der Waals surface area contributed by atoms with Crippen LogP contribution in [0.2, 0.25) is 0 Å². The molecular weight excluding hydrogens is 152 g/mol. The third kappa shape index (κ3) is 3.07. The highest BCUT2D eigenvalue weighted by molar-refractivity contribution is 5.82. The first-order valence-corrected chi connectivity index (χ1v) is 4.70. The Morgan fingerprint density at radius 3 is 3.08 bits per heavy atom. The minimum Gasteiger partial charge on any atom is -0.459 e. The Labute approximate surface area is 73.6 Å². The van der Waals surface area contributed by atoms with Gasteiger partial charge in [-0.3, -0.25) is 0 Å². The maximum atomic E-state index is 10.8. The molecule has 0 amide bonds. The van der Waals surface area contributed by atoms with Crippen molar-refractivity contribution in [2.75, 3.05) is 0 Å². The van der Waals surface area contributed by atoms with Gasteiger partial charge in [-0.05, 0) is 12.8 Å². The van der Waals surface area contributed by atoms with E-state index in [1.807, 2.05) is 6.08 Å². The quantitative estimate of drug-likeness (QED) is 0.476. The van der Waals surface area contributed by atoms with Gasteiger partial charge >= 0.3 is 5.97 Å². The molecule has 0 bridgehead atoms. The van der Waals surface area contributed by atoms with Crippen LogP contribution in [0, 0.1) is 0 Å². The molecule has 0 saturated heterocycles.